The molecule has 0 spiro atoms. The molecule has 6 saturated heterocycles. The predicted molar refractivity (Wildman–Crippen MR) is 322 cm³/mol. The zero-order valence-corrected chi connectivity index (χ0v) is 61.2. The molecule has 23 heteroatoms. The minimum absolute atomic E-state index is 0. The second kappa shape index (κ2) is 29.4. The van der Waals surface area contributed by atoms with Crippen LogP contribution >= 0.6 is 7.92 Å². The molecule has 0 atom stereocenters. The summed E-state index contributed by atoms with van der Waals surface area (Å²) in [6, 6.07) is 2.59. The summed E-state index contributed by atoms with van der Waals surface area (Å²) in [4.78, 5) is 15.5. The first-order valence-electron chi connectivity index (χ1n) is 31.1. The van der Waals surface area contributed by atoms with Crippen LogP contribution in [0.15, 0.2) is 24.3 Å². The van der Waals surface area contributed by atoms with Crippen LogP contribution in [-0.2, 0) is 68.9 Å². The Morgan fingerprint density at radius 3 is 0.649 bits per heavy atom. The van der Waals surface area contributed by atoms with E-state index in [1.165, 1.54) is 42.7 Å². The minimum atomic E-state index is -4.99. The average Bonchev–Trinajstić information content (AvgIpc) is 3.23. The molecule has 0 aromatic carbocycles. The topological polar surface area (TPSA) is 134 Å². The summed E-state index contributed by atoms with van der Waals surface area (Å²) in [5, 5.41) is 0. The van der Waals surface area contributed by atoms with Crippen molar-refractivity contribution in [3.8, 4) is 0 Å². The van der Waals surface area contributed by atoms with Crippen LogP contribution in [0.2, 0.25) is 42.3 Å². The molecule has 0 amide bonds. The van der Waals surface area contributed by atoms with Crippen molar-refractivity contribution in [1.82, 2.24) is 0 Å². The van der Waals surface area contributed by atoms with E-state index in [1.807, 2.05) is 0 Å². The first-order chi connectivity index (χ1) is 35.9. The van der Waals surface area contributed by atoms with Crippen molar-refractivity contribution in [2.75, 3.05) is 0 Å². The summed E-state index contributed by atoms with van der Waals surface area (Å²) < 4.78 is 87.7. The Morgan fingerprint density at radius 2 is 0.481 bits per heavy atom. The van der Waals surface area contributed by atoms with Crippen molar-refractivity contribution in [2.24, 2.45) is 41.4 Å². The fourth-order valence-electron chi connectivity index (χ4n) is 13.7. The molecule has 0 unspecified atom stereocenters. The van der Waals surface area contributed by atoms with E-state index < -0.39 is 70.7 Å². The predicted octanol–water partition coefficient (Wildman–Crippen LogP) is 15.1. The summed E-state index contributed by atoms with van der Waals surface area (Å²) in [6.45, 7) is 29.2. The maximum atomic E-state index is 15.5. The number of allylic oxidation sites excluding steroid dienone is 4. The number of hydrogen-bond donors (Lipinski definition) is 0. The van der Waals surface area contributed by atoms with E-state index in [1.54, 1.807) is 96.3 Å². The van der Waals surface area contributed by atoms with Crippen molar-refractivity contribution >= 4 is 78.6 Å². The Bertz CT molecular complexity index is 1640. The summed E-state index contributed by atoms with van der Waals surface area (Å²) in [7, 11) is -33.1. The molecule has 10 aliphatic rings. The van der Waals surface area contributed by atoms with Gasteiger partial charge in [0.15, 0.2) is 0 Å². The van der Waals surface area contributed by atoms with Gasteiger partial charge < -0.3 is 54.2 Å². The van der Waals surface area contributed by atoms with Crippen LogP contribution in [0.25, 0.3) is 0 Å². The molecule has 0 N–H and O–H groups in total. The van der Waals surface area contributed by atoms with Gasteiger partial charge in [0.2, 0.25) is 0 Å². The van der Waals surface area contributed by atoms with Crippen molar-refractivity contribution in [2.45, 2.75) is 278 Å². The molecule has 4 aliphatic carbocycles. The van der Waals surface area contributed by atoms with Gasteiger partial charge in [-0.25, -0.2) is 0 Å². The molecule has 6 aliphatic heterocycles. The molecule has 6 heterocycles. The first-order valence-corrected chi connectivity index (χ1v) is 48.0. The second-order valence-electron chi connectivity index (χ2n) is 27.3. The third-order valence-corrected chi connectivity index (χ3v) is 58.7. The third kappa shape index (κ3) is 19.1. The van der Waals surface area contributed by atoms with Crippen LogP contribution < -0.4 is 4.80 Å². The fourth-order valence-corrected chi connectivity index (χ4v) is 67.6. The van der Waals surface area contributed by atoms with Gasteiger partial charge in [0, 0.05) is 69.7 Å². The molecule has 9 fully saturated rings. The SMILES string of the molecule is C1=C\CC/C=C\CC/1.C1CCC([PH+](C2CCCCC2)C2CCCCC2)CC1.CC(C)C[Si]12O[Si]3([O-])O[Si]4(CC(C)C)O[Si](CC(C)C)(O1)O[Si]1(CC(C)C)O[Si](CC(C)C)(O2)O[Si](CC(C)C)(O3)O[Si](CC(C)C)(O4)O1.[Rh]. The Balaban J connectivity index is 0.000000278. The van der Waals surface area contributed by atoms with Crippen LogP contribution in [0.3, 0.4) is 0 Å². The van der Waals surface area contributed by atoms with Gasteiger partial charge in [-0.05, 0) is 144 Å². The van der Waals surface area contributed by atoms with Gasteiger partial charge in [0.05, 0.1) is 17.0 Å². The smallest absolute Gasteiger partial charge is 0.479 e. The van der Waals surface area contributed by atoms with Gasteiger partial charge in [0.25, 0.3) is 0 Å². The van der Waals surface area contributed by atoms with E-state index in [9.17, 15) is 0 Å². The molecule has 3 saturated carbocycles. The van der Waals surface area contributed by atoms with Crippen LogP contribution in [0.4, 0.5) is 0 Å². The monoisotopic (exact) mass is 1320 g/mol. The Morgan fingerprint density at radius 1 is 0.312 bits per heavy atom. The van der Waals surface area contributed by atoms with Gasteiger partial charge in [0.1, 0.15) is 0 Å². The van der Waals surface area contributed by atoms with Crippen LogP contribution in [0, 0.1) is 41.4 Å². The van der Waals surface area contributed by atoms with Crippen molar-refractivity contribution in [3.05, 3.63) is 24.3 Å². The summed E-state index contributed by atoms with van der Waals surface area (Å²) in [6.07, 6.45) is 37.8. The average molecular weight is 1330 g/mol. The minimum Gasteiger partial charge on any atom is -0.795 e. The molecule has 10 rings (SSSR count). The second-order valence-corrected chi connectivity index (χ2v) is 54.0. The molecule has 1 radical (unpaired) electrons. The molecule has 0 aromatic heterocycles. The van der Waals surface area contributed by atoms with E-state index in [-0.39, 0.29) is 68.8 Å². The molecule has 449 valence electrons. The maximum Gasteiger partial charge on any atom is 0.479 e. The summed E-state index contributed by atoms with van der Waals surface area (Å²) in [5.74, 6) is 0.383. The van der Waals surface area contributed by atoms with Crippen molar-refractivity contribution in [1.29, 1.82) is 0 Å². The Hall–Kier alpha value is 1.75. The normalized spacial score (nSPS) is 37.9. The van der Waals surface area contributed by atoms with E-state index in [2.05, 4.69) is 121 Å². The van der Waals surface area contributed by atoms with Crippen molar-refractivity contribution in [3.63, 3.8) is 0 Å². The standard InChI is InChI=1S/C28H63O13Si8.C18H33P.C8H12.Rh/c1-22(2)15-42-30-43(16-23(3)4)33-46(19-26(9)10)35-44(31-42,17-24(5)6)37-48(21-28(13)14)38-45(32-42,18-25(7)8)36-47(34-43,20-27(11)12)40-49(29,39-46)41-48;1-4-10-16(11-5-1)19(17-12-6-2-7-13-17)18-14-8-3-9-15-18;1-2-4-6-8-7-5-3-1;/h22-28H,15-21H2,1-14H3;16-18H,1-15H2;1-2,7-8H,3-6H2;/q-1;;;/p+1/b;;2-1-,8-7-;. The molecular weight excluding hydrogens is 1220 g/mol. The fraction of sp³-hybridized carbons (Fsp3) is 0.926. The number of hydrogen-bond acceptors (Lipinski definition) is 13. The molecule has 13 nitrogen and oxygen atoms in total. The molecule has 0 aromatic rings. The Labute approximate surface area is 492 Å². The van der Waals surface area contributed by atoms with E-state index in [0.717, 1.165) is 0 Å². The first kappa shape index (κ1) is 67.9. The van der Waals surface area contributed by atoms with E-state index in [0.29, 0.717) is 42.3 Å². The van der Waals surface area contributed by atoms with Gasteiger partial charge in [-0.2, -0.15) is 0 Å². The number of rotatable bonds is 17. The molecule has 77 heavy (non-hydrogen) atoms. The zero-order chi connectivity index (χ0) is 55.0. The van der Waals surface area contributed by atoms with Gasteiger partial charge in [-0.15, -0.1) is 0 Å². The van der Waals surface area contributed by atoms with Crippen molar-refractivity contribution < 1.29 is 73.7 Å². The quantitative estimate of drug-likeness (QED) is 0.0778. The van der Waals surface area contributed by atoms with Crippen LogP contribution in [-0.4, -0.2) is 87.7 Å². The largest absolute Gasteiger partial charge is 0.795 e. The maximum absolute atomic E-state index is 15.5. The zero-order valence-electron chi connectivity index (χ0n) is 50.6. The molecule has 8 bridgehead atoms. The van der Waals surface area contributed by atoms with E-state index >= 15 is 4.80 Å². The molecular formula is C54H109O13PRhSi8. The third-order valence-electron chi connectivity index (χ3n) is 15.8. The van der Waals surface area contributed by atoms with Gasteiger partial charge >= 0.3 is 70.7 Å². The summed E-state index contributed by atoms with van der Waals surface area (Å²) in [5.41, 5.74) is 3.68. The van der Waals surface area contributed by atoms with E-state index in [4.69, 9.17) is 49.4 Å². The van der Waals surface area contributed by atoms with Gasteiger partial charge in [-0.1, -0.05) is 140 Å². The van der Waals surface area contributed by atoms with Gasteiger partial charge in [-0.3, -0.25) is 0 Å². The van der Waals surface area contributed by atoms with Crippen LogP contribution in [0.5, 0.6) is 0 Å². The summed E-state index contributed by atoms with van der Waals surface area (Å²) >= 11 is 0. The van der Waals surface area contributed by atoms with Crippen LogP contribution in [0.1, 0.15) is 219 Å². The Kier molecular flexibility index (Phi) is 25.9.